The molecule has 0 saturated carbocycles. The van der Waals surface area contributed by atoms with Crippen LogP contribution < -0.4 is 9.47 Å². The fourth-order valence-corrected chi connectivity index (χ4v) is 4.03. The van der Waals surface area contributed by atoms with E-state index < -0.39 is 5.97 Å². The third kappa shape index (κ3) is 33.0. The lowest BCUT2D eigenvalue weighted by Crippen LogP contribution is -2.21. The van der Waals surface area contributed by atoms with E-state index in [-0.39, 0.29) is 31.3 Å². The van der Waals surface area contributed by atoms with Crippen LogP contribution in [-0.2, 0) is 28.6 Å². The fraction of sp³-hybridized carbons (Fsp3) is 0.465. The first-order valence-electron chi connectivity index (χ1n) is 17.7. The topological polar surface area (TPSA) is 121 Å². The number of aliphatic hydroxyl groups excluding tert-OH is 1. The molecule has 0 aliphatic heterocycles. The zero-order chi connectivity index (χ0) is 41.6. The summed E-state index contributed by atoms with van der Waals surface area (Å²) in [6, 6.07) is 11.4. The van der Waals surface area contributed by atoms with Gasteiger partial charge in [-0.25, -0.2) is 14.4 Å². The quantitative estimate of drug-likeness (QED) is 0.0367. The molecule has 2 aromatic carbocycles. The van der Waals surface area contributed by atoms with Gasteiger partial charge in [-0.3, -0.25) is 0 Å². The van der Waals surface area contributed by atoms with Crippen LogP contribution in [0.4, 0.5) is 0 Å². The van der Waals surface area contributed by atoms with E-state index in [4.69, 9.17) is 42.5 Å². The van der Waals surface area contributed by atoms with Crippen LogP contribution in [0.25, 0.3) is 12.2 Å². The molecule has 0 amide bonds. The Morgan fingerprint density at radius 3 is 1.40 bits per heavy atom. The molecule has 0 bridgehead atoms. The Labute approximate surface area is 341 Å². The summed E-state index contributed by atoms with van der Waals surface area (Å²) in [5.41, 5.74) is 3.81. The summed E-state index contributed by atoms with van der Waals surface area (Å²) in [4.78, 5) is 35.3. The second-order valence-corrected chi connectivity index (χ2v) is 11.5. The summed E-state index contributed by atoms with van der Waals surface area (Å²) >= 11 is 9.53. The van der Waals surface area contributed by atoms with E-state index in [1.54, 1.807) is 12.2 Å². The number of hydrogen-bond donors (Lipinski definition) is 1. The Bertz CT molecular complexity index is 1340. The van der Waals surface area contributed by atoms with Crippen molar-refractivity contribution in [1.29, 1.82) is 0 Å². The normalized spacial score (nSPS) is 9.73. The van der Waals surface area contributed by atoms with Crippen molar-refractivity contribution < 1.29 is 43.2 Å². The maximum Gasteiger partial charge on any atom is 0.330 e. The molecular weight excluding hydrogens is 745 g/mol. The minimum atomic E-state index is -0.405. The molecule has 0 heterocycles. The summed E-state index contributed by atoms with van der Waals surface area (Å²) in [5.74, 6) is 0.455. The molecule has 0 radical (unpaired) electrons. The molecule has 10 nitrogen and oxygen atoms in total. The van der Waals surface area contributed by atoms with Gasteiger partial charge < -0.3 is 33.7 Å². The van der Waals surface area contributed by atoms with Crippen molar-refractivity contribution in [3.8, 4) is 11.5 Å². The minimum Gasteiger partial charge on any atom is -0.493 e. The number of benzene rings is 2. The van der Waals surface area contributed by atoms with Crippen molar-refractivity contribution >= 4 is 53.3 Å². The van der Waals surface area contributed by atoms with Gasteiger partial charge in [-0.2, -0.15) is 0 Å². The number of unbranched alkanes of at least 4 members (excludes halogenated alkanes) is 2. The van der Waals surface area contributed by atoms with E-state index in [9.17, 15) is 14.4 Å². The predicted molar refractivity (Wildman–Crippen MR) is 230 cm³/mol. The summed E-state index contributed by atoms with van der Waals surface area (Å²) in [5, 5.41) is 8.87. The van der Waals surface area contributed by atoms with Gasteiger partial charge in [0.05, 0.1) is 39.4 Å². The average Bonchev–Trinajstić information content (AvgIpc) is 3.19. The van der Waals surface area contributed by atoms with Crippen LogP contribution in [-0.4, -0.2) is 93.5 Å². The molecular formula is C43H67Cl2NO9. The SMILES string of the molecule is C.C=C.C=CC(=O)OCCCCOc1ccc(/C=C/C(=O)OC)cc1C.CCN(CC)CC.COC(=O)/C=C/c1ccc(OCCCCO)c(C)c1.ClCCl. The van der Waals surface area contributed by atoms with Gasteiger partial charge in [0, 0.05) is 24.8 Å². The second kappa shape index (κ2) is 41.1. The van der Waals surface area contributed by atoms with Crippen LogP contribution in [0.3, 0.4) is 0 Å². The average molecular weight is 813 g/mol. The Balaban J connectivity index is -0.000000364. The summed E-state index contributed by atoms with van der Waals surface area (Å²) < 4.78 is 25.3. The summed E-state index contributed by atoms with van der Waals surface area (Å²) in [6.45, 7) is 25.1. The van der Waals surface area contributed by atoms with Crippen LogP contribution in [0.2, 0.25) is 0 Å². The van der Waals surface area contributed by atoms with Gasteiger partial charge in [0.2, 0.25) is 0 Å². The first kappa shape index (κ1) is 57.6. The number of aryl methyl sites for hydroxylation is 2. The van der Waals surface area contributed by atoms with Crippen molar-refractivity contribution in [2.75, 3.05) is 65.6 Å². The monoisotopic (exact) mass is 811 g/mol. The molecule has 0 atom stereocenters. The fourth-order valence-electron chi connectivity index (χ4n) is 4.03. The van der Waals surface area contributed by atoms with Gasteiger partial charge in [0.25, 0.3) is 0 Å². The summed E-state index contributed by atoms with van der Waals surface area (Å²) in [7, 11) is 2.69. The van der Waals surface area contributed by atoms with Gasteiger partial charge in [0.1, 0.15) is 11.5 Å². The van der Waals surface area contributed by atoms with Crippen molar-refractivity contribution in [2.45, 2.75) is 67.7 Å². The molecule has 0 aliphatic carbocycles. The van der Waals surface area contributed by atoms with Crippen molar-refractivity contribution in [3.05, 3.63) is 96.6 Å². The molecule has 12 heteroatoms. The first-order chi connectivity index (χ1) is 26.0. The van der Waals surface area contributed by atoms with Gasteiger partial charge >= 0.3 is 17.9 Å². The molecule has 0 aliphatic rings. The van der Waals surface area contributed by atoms with Crippen molar-refractivity contribution in [1.82, 2.24) is 4.90 Å². The molecule has 2 aromatic rings. The smallest absolute Gasteiger partial charge is 0.330 e. The molecule has 0 saturated heterocycles. The number of hydrogen-bond acceptors (Lipinski definition) is 10. The highest BCUT2D eigenvalue weighted by molar-refractivity contribution is 6.40. The van der Waals surface area contributed by atoms with E-state index in [0.717, 1.165) is 65.5 Å². The third-order valence-electron chi connectivity index (χ3n) is 6.98. The molecule has 0 aromatic heterocycles. The Morgan fingerprint density at radius 1 is 0.709 bits per heavy atom. The van der Waals surface area contributed by atoms with Crippen molar-refractivity contribution in [2.24, 2.45) is 0 Å². The number of halogens is 2. The molecule has 0 fully saturated rings. The number of aliphatic hydroxyl groups is 1. The van der Waals surface area contributed by atoms with Gasteiger partial charge in [-0.1, -0.05) is 46.9 Å². The standard InChI is InChI=1S/C18H22O5.C15H20O4.C6H15N.C2H4.CH2Cl2.CH4/c1-4-17(19)23-12-6-5-11-22-16-9-7-15(13-14(16)2)8-10-18(20)21-3;1-12-11-13(6-8-15(17)18-2)5-7-14(12)19-10-4-3-9-16;1-4-7(5-2)6-3;1-2;2-1-3;/h4,7-10,13H,1,5-6,11-12H2,2-3H3;5-8,11,16H,3-4,9-10H2,1-2H3;4-6H2,1-3H3;1-2H2;1H2;1H4/b10-8+;8-6+;;;;. The Kier molecular flexibility index (Phi) is 43.0. The number of alkyl halides is 2. The minimum absolute atomic E-state index is 0. The third-order valence-corrected chi connectivity index (χ3v) is 6.98. The van der Waals surface area contributed by atoms with E-state index in [1.807, 2.05) is 50.2 Å². The van der Waals surface area contributed by atoms with Crippen LogP contribution in [0, 0.1) is 13.8 Å². The number of carbonyl (C=O) groups excluding carboxylic acids is 3. The van der Waals surface area contributed by atoms with Gasteiger partial charge in [-0.05, 0) is 118 Å². The zero-order valence-corrected chi connectivity index (χ0v) is 34.9. The number of ether oxygens (including phenoxy) is 5. The molecule has 1 N–H and O–H groups in total. The number of methoxy groups -OCH3 is 2. The Morgan fingerprint density at radius 2 is 1.09 bits per heavy atom. The largest absolute Gasteiger partial charge is 0.493 e. The van der Waals surface area contributed by atoms with Crippen LogP contribution in [0.5, 0.6) is 11.5 Å². The lowest BCUT2D eigenvalue weighted by atomic mass is 10.1. The second-order valence-electron chi connectivity index (χ2n) is 10.7. The number of carbonyl (C=O) groups is 3. The predicted octanol–water partition coefficient (Wildman–Crippen LogP) is 9.61. The maximum absolute atomic E-state index is 11.1. The van der Waals surface area contributed by atoms with E-state index >= 15 is 0 Å². The number of esters is 3. The molecule has 0 unspecified atom stereocenters. The number of nitrogens with zero attached hydrogens (tertiary/aromatic N) is 1. The Hall–Kier alpha value is -4.09. The molecule has 2 rings (SSSR count). The van der Waals surface area contributed by atoms with E-state index in [2.05, 4.69) is 54.9 Å². The first-order valence-corrected chi connectivity index (χ1v) is 18.8. The highest BCUT2D eigenvalue weighted by Gasteiger charge is 2.03. The zero-order valence-electron chi connectivity index (χ0n) is 33.4. The molecule has 55 heavy (non-hydrogen) atoms. The lowest BCUT2D eigenvalue weighted by Gasteiger charge is -2.13. The van der Waals surface area contributed by atoms with Crippen LogP contribution in [0.15, 0.2) is 74.4 Å². The van der Waals surface area contributed by atoms with E-state index in [0.29, 0.717) is 19.8 Å². The van der Waals surface area contributed by atoms with E-state index in [1.165, 1.54) is 46.0 Å². The lowest BCUT2D eigenvalue weighted by molar-refractivity contribution is -0.138. The highest BCUT2D eigenvalue weighted by atomic mass is 35.5. The van der Waals surface area contributed by atoms with Gasteiger partial charge in [-0.15, -0.1) is 36.4 Å². The molecule has 0 spiro atoms. The van der Waals surface area contributed by atoms with Gasteiger partial charge in [0.15, 0.2) is 0 Å². The summed E-state index contributed by atoms with van der Waals surface area (Å²) in [6.07, 6.45) is 10.4. The molecule has 312 valence electrons. The number of rotatable bonds is 19. The van der Waals surface area contributed by atoms with Crippen molar-refractivity contribution in [3.63, 3.8) is 0 Å². The van der Waals surface area contributed by atoms with Crippen LogP contribution in [0.1, 0.15) is 76.1 Å². The highest BCUT2D eigenvalue weighted by Crippen LogP contribution is 2.21. The van der Waals surface area contributed by atoms with Crippen LogP contribution >= 0.6 is 23.2 Å². The maximum atomic E-state index is 11.1.